The Morgan fingerprint density at radius 2 is 2.15 bits per heavy atom. The number of carboxylic acids is 1. The lowest BCUT2D eigenvalue weighted by Gasteiger charge is -2.19. The number of aryl methyl sites for hydroxylation is 2. The summed E-state index contributed by atoms with van der Waals surface area (Å²) in [6.45, 7) is 2.62. The van der Waals surface area contributed by atoms with Crippen molar-refractivity contribution in [3.05, 3.63) is 53.1 Å². The molecule has 1 aromatic heterocycles. The van der Waals surface area contributed by atoms with E-state index in [4.69, 9.17) is 5.11 Å². The summed E-state index contributed by atoms with van der Waals surface area (Å²) in [5, 5.41) is 9.10. The Hall–Kier alpha value is -2.10. The summed E-state index contributed by atoms with van der Waals surface area (Å²) in [6, 6.07) is 8.44. The number of hydrogen-bond acceptors (Lipinski definition) is 2. The Morgan fingerprint density at radius 1 is 1.40 bits per heavy atom. The van der Waals surface area contributed by atoms with Crippen LogP contribution in [-0.4, -0.2) is 20.6 Å². The first-order chi connectivity index (χ1) is 9.61. The van der Waals surface area contributed by atoms with Crippen molar-refractivity contribution in [2.45, 2.75) is 32.7 Å². The quantitative estimate of drug-likeness (QED) is 0.932. The Morgan fingerprint density at radius 3 is 2.85 bits per heavy atom. The van der Waals surface area contributed by atoms with E-state index in [2.05, 4.69) is 36.2 Å². The number of benzene rings is 1. The van der Waals surface area contributed by atoms with Gasteiger partial charge in [0.05, 0.1) is 11.6 Å². The van der Waals surface area contributed by atoms with Gasteiger partial charge in [-0.2, -0.15) is 0 Å². The fourth-order valence-corrected chi connectivity index (χ4v) is 2.70. The molecular formula is C16H18N2O2. The van der Waals surface area contributed by atoms with E-state index in [1.54, 1.807) is 0 Å². The zero-order chi connectivity index (χ0) is 14.1. The lowest BCUT2D eigenvalue weighted by Crippen LogP contribution is -2.26. The highest BCUT2D eigenvalue weighted by atomic mass is 16.4. The minimum absolute atomic E-state index is 0.274. The Bertz CT molecular complexity index is 628. The van der Waals surface area contributed by atoms with Gasteiger partial charge in [0, 0.05) is 25.6 Å². The second-order valence-corrected chi connectivity index (χ2v) is 5.54. The van der Waals surface area contributed by atoms with Crippen LogP contribution in [0.3, 0.4) is 0 Å². The van der Waals surface area contributed by atoms with Gasteiger partial charge in [0.25, 0.3) is 0 Å². The molecule has 0 aliphatic carbocycles. The van der Waals surface area contributed by atoms with Gasteiger partial charge in [0.15, 0.2) is 0 Å². The van der Waals surface area contributed by atoms with E-state index in [0.29, 0.717) is 13.0 Å². The summed E-state index contributed by atoms with van der Waals surface area (Å²) < 4.78 is 2.01. The van der Waals surface area contributed by atoms with Gasteiger partial charge in [-0.25, -0.2) is 4.98 Å². The third kappa shape index (κ3) is 2.59. The average molecular weight is 270 g/mol. The maximum Gasteiger partial charge on any atom is 0.308 e. The van der Waals surface area contributed by atoms with Crippen molar-refractivity contribution in [3.8, 4) is 0 Å². The minimum Gasteiger partial charge on any atom is -0.481 e. The average Bonchev–Trinajstić information content (AvgIpc) is 2.82. The second kappa shape index (κ2) is 5.12. The zero-order valence-electron chi connectivity index (χ0n) is 11.5. The van der Waals surface area contributed by atoms with E-state index in [-0.39, 0.29) is 5.92 Å². The van der Waals surface area contributed by atoms with Crippen LogP contribution in [0.25, 0.3) is 0 Å². The third-order valence-corrected chi connectivity index (χ3v) is 3.90. The second-order valence-electron chi connectivity index (χ2n) is 5.54. The highest BCUT2D eigenvalue weighted by molar-refractivity contribution is 5.70. The molecule has 1 aromatic carbocycles. The summed E-state index contributed by atoms with van der Waals surface area (Å²) in [5.74, 6) is 0.0398. The van der Waals surface area contributed by atoms with Crippen LogP contribution in [0.4, 0.5) is 0 Å². The van der Waals surface area contributed by atoms with Crippen molar-refractivity contribution in [1.82, 2.24) is 9.55 Å². The fourth-order valence-electron chi connectivity index (χ4n) is 2.70. The Kier molecular flexibility index (Phi) is 3.30. The number of fused-ring (bicyclic) bond motifs is 1. The number of carbonyl (C=O) groups is 1. The molecule has 1 unspecified atom stereocenters. The largest absolute Gasteiger partial charge is 0.481 e. The molecule has 0 bridgehead atoms. The number of hydrogen-bond donors (Lipinski definition) is 1. The molecule has 2 aromatic rings. The van der Waals surface area contributed by atoms with Crippen LogP contribution in [-0.2, 0) is 24.2 Å². The van der Waals surface area contributed by atoms with Gasteiger partial charge < -0.3 is 9.67 Å². The number of nitrogens with zero attached hydrogens (tertiary/aromatic N) is 2. The molecule has 104 valence electrons. The first kappa shape index (κ1) is 12.9. The van der Waals surface area contributed by atoms with E-state index in [9.17, 15) is 4.79 Å². The SMILES string of the molecule is Cc1ccc(Cc2cn3c(n2)CCC(C(=O)O)C3)cc1. The number of aromatic nitrogens is 2. The lowest BCUT2D eigenvalue weighted by atomic mass is 10.00. The topological polar surface area (TPSA) is 55.1 Å². The molecule has 20 heavy (non-hydrogen) atoms. The van der Waals surface area contributed by atoms with Crippen molar-refractivity contribution < 1.29 is 9.90 Å². The number of carboxylic acid groups (broad SMARTS) is 1. The van der Waals surface area contributed by atoms with Gasteiger partial charge in [-0.1, -0.05) is 29.8 Å². The van der Waals surface area contributed by atoms with Crippen molar-refractivity contribution >= 4 is 5.97 Å². The highest BCUT2D eigenvalue weighted by Gasteiger charge is 2.25. The van der Waals surface area contributed by atoms with E-state index >= 15 is 0 Å². The summed E-state index contributed by atoms with van der Waals surface area (Å²) in [4.78, 5) is 15.7. The van der Waals surface area contributed by atoms with Crippen molar-refractivity contribution in [2.24, 2.45) is 5.92 Å². The fraction of sp³-hybridized carbons (Fsp3) is 0.375. The number of imidazole rings is 1. The molecule has 0 saturated carbocycles. The van der Waals surface area contributed by atoms with E-state index in [0.717, 1.165) is 24.4 Å². The predicted molar refractivity (Wildman–Crippen MR) is 75.7 cm³/mol. The van der Waals surface area contributed by atoms with Crippen LogP contribution in [0.2, 0.25) is 0 Å². The molecule has 1 aliphatic heterocycles. The molecule has 0 spiro atoms. The van der Waals surface area contributed by atoms with Crippen molar-refractivity contribution in [2.75, 3.05) is 0 Å². The number of aliphatic carboxylic acids is 1. The Labute approximate surface area is 118 Å². The van der Waals surface area contributed by atoms with Gasteiger partial charge in [0.1, 0.15) is 5.82 Å². The van der Waals surface area contributed by atoms with Crippen molar-refractivity contribution in [3.63, 3.8) is 0 Å². The van der Waals surface area contributed by atoms with Gasteiger partial charge >= 0.3 is 5.97 Å². The van der Waals surface area contributed by atoms with Gasteiger partial charge in [-0.15, -0.1) is 0 Å². The van der Waals surface area contributed by atoms with Gasteiger partial charge in [-0.3, -0.25) is 4.79 Å². The smallest absolute Gasteiger partial charge is 0.308 e. The number of rotatable bonds is 3. The summed E-state index contributed by atoms with van der Waals surface area (Å²) in [5.41, 5.74) is 3.51. The molecule has 1 atom stereocenters. The van der Waals surface area contributed by atoms with Crippen LogP contribution in [0, 0.1) is 12.8 Å². The van der Waals surface area contributed by atoms with Gasteiger partial charge in [-0.05, 0) is 18.9 Å². The molecule has 1 N–H and O–H groups in total. The van der Waals surface area contributed by atoms with E-state index in [1.807, 2.05) is 10.8 Å². The van der Waals surface area contributed by atoms with Crippen molar-refractivity contribution in [1.29, 1.82) is 0 Å². The molecule has 1 aliphatic rings. The minimum atomic E-state index is -0.704. The molecule has 0 amide bonds. The van der Waals surface area contributed by atoms with Crippen LogP contribution >= 0.6 is 0 Å². The van der Waals surface area contributed by atoms with E-state index < -0.39 is 5.97 Å². The normalized spacial score (nSPS) is 17.8. The molecule has 3 rings (SSSR count). The summed E-state index contributed by atoms with van der Waals surface area (Å²) in [6.07, 6.45) is 4.25. The molecule has 2 heterocycles. The molecule has 0 saturated heterocycles. The zero-order valence-corrected chi connectivity index (χ0v) is 11.5. The van der Waals surface area contributed by atoms with Crippen LogP contribution in [0.5, 0.6) is 0 Å². The highest BCUT2D eigenvalue weighted by Crippen LogP contribution is 2.21. The standard InChI is InChI=1S/C16H18N2O2/c1-11-2-4-12(5-3-11)8-14-10-18-9-13(16(19)20)6-7-15(18)17-14/h2-5,10,13H,6-9H2,1H3,(H,19,20). The van der Waals surface area contributed by atoms with Crippen LogP contribution in [0.1, 0.15) is 29.1 Å². The lowest BCUT2D eigenvalue weighted by molar-refractivity contribution is -0.142. The van der Waals surface area contributed by atoms with Crippen LogP contribution in [0.15, 0.2) is 30.5 Å². The predicted octanol–water partition coefficient (Wildman–Crippen LogP) is 2.43. The molecule has 0 fully saturated rings. The molecule has 4 nitrogen and oxygen atoms in total. The monoisotopic (exact) mass is 270 g/mol. The van der Waals surface area contributed by atoms with Gasteiger partial charge in [0.2, 0.25) is 0 Å². The maximum atomic E-state index is 11.1. The molecule has 0 radical (unpaired) electrons. The summed E-state index contributed by atoms with van der Waals surface area (Å²) in [7, 11) is 0. The van der Waals surface area contributed by atoms with Crippen LogP contribution < -0.4 is 0 Å². The first-order valence-corrected chi connectivity index (χ1v) is 6.95. The molecule has 4 heteroatoms. The third-order valence-electron chi connectivity index (χ3n) is 3.90. The Balaban J connectivity index is 1.77. The molecular weight excluding hydrogens is 252 g/mol. The maximum absolute atomic E-state index is 11.1. The summed E-state index contributed by atoms with van der Waals surface area (Å²) >= 11 is 0. The van der Waals surface area contributed by atoms with E-state index in [1.165, 1.54) is 11.1 Å². The first-order valence-electron chi connectivity index (χ1n) is 6.95.